The number of aliphatic hydroxyl groups is 1. The molecule has 0 bridgehead atoms. The van der Waals surface area contributed by atoms with E-state index in [4.69, 9.17) is 9.84 Å². The Bertz CT molecular complexity index is 823. The largest absolute Gasteiger partial charge is 0.396 e. The Kier molecular flexibility index (Phi) is 4.55. The SMILES string of the molecule is OCCSc1nnc(-c2c[nH]c3ccccc23)n1C[C@H]1CCCO1. The number of aliphatic hydroxyl groups excluding tert-OH is 1. The van der Waals surface area contributed by atoms with Crippen LogP contribution in [0.3, 0.4) is 0 Å². The maximum atomic E-state index is 9.13. The van der Waals surface area contributed by atoms with Gasteiger partial charge in [0.05, 0.1) is 19.3 Å². The average Bonchev–Trinajstić information content (AvgIpc) is 3.33. The van der Waals surface area contributed by atoms with Crippen LogP contribution in [-0.4, -0.2) is 49.9 Å². The number of hydrogen-bond acceptors (Lipinski definition) is 5. The van der Waals surface area contributed by atoms with Crippen molar-refractivity contribution in [2.75, 3.05) is 19.0 Å². The van der Waals surface area contributed by atoms with E-state index < -0.39 is 0 Å². The van der Waals surface area contributed by atoms with Gasteiger partial charge in [-0.2, -0.15) is 0 Å². The van der Waals surface area contributed by atoms with E-state index in [0.717, 1.165) is 53.4 Å². The Morgan fingerprint density at radius 2 is 2.25 bits per heavy atom. The quantitative estimate of drug-likeness (QED) is 0.673. The Morgan fingerprint density at radius 1 is 1.33 bits per heavy atom. The second-order valence-electron chi connectivity index (χ2n) is 5.87. The molecule has 6 nitrogen and oxygen atoms in total. The van der Waals surface area contributed by atoms with E-state index in [1.54, 1.807) is 0 Å². The summed E-state index contributed by atoms with van der Waals surface area (Å²) >= 11 is 1.53. The summed E-state index contributed by atoms with van der Waals surface area (Å²) in [4.78, 5) is 3.30. The molecule has 1 aliphatic rings. The molecule has 0 saturated carbocycles. The highest BCUT2D eigenvalue weighted by atomic mass is 32.2. The Hall–Kier alpha value is -1.83. The van der Waals surface area contributed by atoms with Gasteiger partial charge in [0.25, 0.3) is 0 Å². The molecular formula is C17H20N4O2S. The maximum Gasteiger partial charge on any atom is 0.191 e. The van der Waals surface area contributed by atoms with Crippen LogP contribution in [0.15, 0.2) is 35.6 Å². The van der Waals surface area contributed by atoms with Crippen molar-refractivity contribution in [3.8, 4) is 11.4 Å². The number of nitrogens with one attached hydrogen (secondary N) is 1. The number of thioether (sulfide) groups is 1. The molecular weight excluding hydrogens is 324 g/mol. The fraction of sp³-hybridized carbons (Fsp3) is 0.412. The van der Waals surface area contributed by atoms with Crippen LogP contribution < -0.4 is 0 Å². The summed E-state index contributed by atoms with van der Waals surface area (Å²) in [5.41, 5.74) is 2.13. The molecule has 1 aliphatic heterocycles. The van der Waals surface area contributed by atoms with Gasteiger partial charge in [-0.25, -0.2) is 0 Å². The number of nitrogens with zero attached hydrogens (tertiary/aromatic N) is 3. The van der Waals surface area contributed by atoms with Crippen LogP contribution in [0, 0.1) is 0 Å². The van der Waals surface area contributed by atoms with Gasteiger partial charge >= 0.3 is 0 Å². The lowest BCUT2D eigenvalue weighted by Crippen LogP contribution is -2.16. The van der Waals surface area contributed by atoms with Gasteiger partial charge in [-0.15, -0.1) is 10.2 Å². The molecule has 0 radical (unpaired) electrons. The van der Waals surface area contributed by atoms with Crippen molar-refractivity contribution in [2.45, 2.75) is 30.6 Å². The van der Waals surface area contributed by atoms with Gasteiger partial charge in [-0.1, -0.05) is 30.0 Å². The highest BCUT2D eigenvalue weighted by Gasteiger charge is 2.22. The second-order valence-corrected chi connectivity index (χ2v) is 6.93. The van der Waals surface area contributed by atoms with Crippen molar-refractivity contribution in [3.63, 3.8) is 0 Å². The number of hydrogen-bond donors (Lipinski definition) is 2. The van der Waals surface area contributed by atoms with Crippen molar-refractivity contribution in [3.05, 3.63) is 30.5 Å². The summed E-state index contributed by atoms with van der Waals surface area (Å²) in [7, 11) is 0. The minimum absolute atomic E-state index is 0.125. The standard InChI is InChI=1S/C17H20N4O2S/c22-7-9-24-17-20-19-16(21(17)11-12-4-3-8-23-12)14-10-18-15-6-2-1-5-13(14)15/h1-2,5-6,10,12,18,22H,3-4,7-9,11H2/t12-/m1/s1. The number of rotatable bonds is 6. The minimum Gasteiger partial charge on any atom is -0.396 e. The lowest BCUT2D eigenvalue weighted by atomic mass is 10.1. The molecule has 3 heterocycles. The molecule has 7 heteroatoms. The molecule has 126 valence electrons. The van der Waals surface area contributed by atoms with Crippen LogP contribution in [-0.2, 0) is 11.3 Å². The van der Waals surface area contributed by atoms with Crippen molar-refractivity contribution >= 4 is 22.7 Å². The van der Waals surface area contributed by atoms with E-state index in [9.17, 15) is 0 Å². The Labute approximate surface area is 144 Å². The third-order valence-corrected chi connectivity index (χ3v) is 5.23. The van der Waals surface area contributed by atoms with Crippen LogP contribution in [0.5, 0.6) is 0 Å². The Morgan fingerprint density at radius 3 is 3.08 bits per heavy atom. The monoisotopic (exact) mass is 344 g/mol. The van der Waals surface area contributed by atoms with Gasteiger partial charge in [0.15, 0.2) is 11.0 Å². The molecule has 2 aromatic heterocycles. The van der Waals surface area contributed by atoms with Crippen molar-refractivity contribution < 1.29 is 9.84 Å². The van der Waals surface area contributed by atoms with Crippen LogP contribution in [0.25, 0.3) is 22.3 Å². The van der Waals surface area contributed by atoms with Gasteiger partial charge in [-0.3, -0.25) is 4.57 Å². The molecule has 1 saturated heterocycles. The van der Waals surface area contributed by atoms with Gasteiger partial charge in [0.2, 0.25) is 0 Å². The van der Waals surface area contributed by atoms with E-state index in [2.05, 4.69) is 31.9 Å². The predicted octanol–water partition coefficient (Wildman–Crippen LogP) is 2.69. The molecule has 2 N–H and O–H groups in total. The first-order valence-electron chi connectivity index (χ1n) is 8.22. The summed E-state index contributed by atoms with van der Waals surface area (Å²) in [5, 5.41) is 19.9. The highest BCUT2D eigenvalue weighted by molar-refractivity contribution is 7.99. The molecule has 1 atom stereocenters. The number of fused-ring (bicyclic) bond motifs is 1. The molecule has 0 amide bonds. The highest BCUT2D eigenvalue weighted by Crippen LogP contribution is 2.31. The fourth-order valence-corrected chi connectivity index (χ4v) is 3.83. The first-order valence-corrected chi connectivity index (χ1v) is 9.20. The molecule has 3 aromatic rings. The number of aromatic nitrogens is 4. The maximum absolute atomic E-state index is 9.13. The normalized spacial score (nSPS) is 17.8. The summed E-state index contributed by atoms with van der Waals surface area (Å²) < 4.78 is 7.93. The summed E-state index contributed by atoms with van der Waals surface area (Å²) in [6, 6.07) is 8.19. The molecule has 0 spiro atoms. The third kappa shape index (κ3) is 2.94. The summed E-state index contributed by atoms with van der Waals surface area (Å²) in [6.45, 7) is 1.70. The topological polar surface area (TPSA) is 76.0 Å². The average molecular weight is 344 g/mol. The van der Waals surface area contributed by atoms with Crippen LogP contribution >= 0.6 is 11.8 Å². The summed E-state index contributed by atoms with van der Waals surface area (Å²) in [6.07, 6.45) is 4.36. The predicted molar refractivity (Wildman–Crippen MR) is 94.1 cm³/mol. The first kappa shape index (κ1) is 15.7. The van der Waals surface area contributed by atoms with Gasteiger partial charge < -0.3 is 14.8 Å². The van der Waals surface area contributed by atoms with Gasteiger partial charge in [0.1, 0.15) is 0 Å². The fourth-order valence-electron chi connectivity index (χ4n) is 3.14. The number of para-hydroxylation sites is 1. The minimum atomic E-state index is 0.125. The number of ether oxygens (including phenoxy) is 1. The Balaban J connectivity index is 1.74. The third-order valence-electron chi connectivity index (χ3n) is 4.28. The second kappa shape index (κ2) is 6.96. The van der Waals surface area contributed by atoms with Crippen molar-refractivity contribution in [1.82, 2.24) is 19.7 Å². The number of H-pyrrole nitrogens is 1. The molecule has 1 aromatic carbocycles. The van der Waals surface area contributed by atoms with Crippen LogP contribution in [0.2, 0.25) is 0 Å². The molecule has 4 rings (SSSR count). The van der Waals surface area contributed by atoms with E-state index in [1.165, 1.54) is 11.8 Å². The zero-order valence-corrected chi connectivity index (χ0v) is 14.1. The molecule has 1 fully saturated rings. The van der Waals surface area contributed by atoms with E-state index in [0.29, 0.717) is 5.75 Å². The zero-order valence-electron chi connectivity index (χ0n) is 13.3. The van der Waals surface area contributed by atoms with Gasteiger partial charge in [-0.05, 0) is 18.9 Å². The zero-order chi connectivity index (χ0) is 16.4. The lowest BCUT2D eigenvalue weighted by molar-refractivity contribution is 0.0953. The lowest BCUT2D eigenvalue weighted by Gasteiger charge is -2.14. The van der Waals surface area contributed by atoms with Crippen molar-refractivity contribution in [2.24, 2.45) is 0 Å². The van der Waals surface area contributed by atoms with Crippen LogP contribution in [0.1, 0.15) is 12.8 Å². The number of aromatic amines is 1. The van der Waals surface area contributed by atoms with Crippen LogP contribution in [0.4, 0.5) is 0 Å². The smallest absolute Gasteiger partial charge is 0.191 e. The van der Waals surface area contributed by atoms with E-state index >= 15 is 0 Å². The van der Waals surface area contributed by atoms with E-state index in [-0.39, 0.29) is 12.7 Å². The van der Waals surface area contributed by atoms with E-state index in [1.807, 2.05) is 18.3 Å². The van der Waals surface area contributed by atoms with Crippen molar-refractivity contribution in [1.29, 1.82) is 0 Å². The molecule has 24 heavy (non-hydrogen) atoms. The van der Waals surface area contributed by atoms with Gasteiger partial charge in [0, 0.05) is 35.0 Å². The first-order chi connectivity index (χ1) is 11.9. The molecule has 0 aliphatic carbocycles. The molecule has 0 unspecified atom stereocenters. The number of benzene rings is 1. The summed E-state index contributed by atoms with van der Waals surface area (Å²) in [5.74, 6) is 1.46.